The molecule has 0 N–H and O–H groups in total. The van der Waals surface area contributed by atoms with Crippen LogP contribution in [0.1, 0.15) is 20.8 Å². The predicted molar refractivity (Wildman–Crippen MR) is 63.4 cm³/mol. The molecule has 3 nitrogen and oxygen atoms in total. The van der Waals surface area contributed by atoms with Crippen LogP contribution in [-0.2, 0) is 15.6 Å². The van der Waals surface area contributed by atoms with Gasteiger partial charge < -0.3 is 4.90 Å². The maximum absolute atomic E-state index is 12.8. The van der Waals surface area contributed by atoms with Crippen molar-refractivity contribution >= 4 is 16.7 Å². The van der Waals surface area contributed by atoms with Gasteiger partial charge in [0.1, 0.15) is 5.41 Å². The highest BCUT2D eigenvalue weighted by molar-refractivity contribution is 7.85. The third-order valence-corrected chi connectivity index (χ3v) is 4.55. The van der Waals surface area contributed by atoms with Gasteiger partial charge in [0.15, 0.2) is 0 Å². The van der Waals surface area contributed by atoms with Gasteiger partial charge in [-0.15, -0.1) is 0 Å². The Balaban J connectivity index is 2.78. The summed E-state index contributed by atoms with van der Waals surface area (Å²) in [6.45, 7) is 5.13. The quantitative estimate of drug-likeness (QED) is 0.760. The molecule has 2 atom stereocenters. The van der Waals surface area contributed by atoms with Crippen molar-refractivity contribution in [1.82, 2.24) is 4.90 Å². The van der Waals surface area contributed by atoms with Gasteiger partial charge in [-0.3, -0.25) is 9.00 Å². The highest BCUT2D eigenvalue weighted by Crippen LogP contribution is 2.28. The van der Waals surface area contributed by atoms with E-state index in [0.29, 0.717) is 24.6 Å². The van der Waals surface area contributed by atoms with Crippen LogP contribution in [0.25, 0.3) is 0 Å². The minimum absolute atomic E-state index is 0.0933. The molecule has 1 fully saturated rings. The molecular weight excluding hydrogens is 248 g/mol. The highest BCUT2D eigenvalue weighted by atomic mass is 32.2. The van der Waals surface area contributed by atoms with E-state index in [0.717, 1.165) is 0 Å². The zero-order valence-electron chi connectivity index (χ0n) is 10.4. The van der Waals surface area contributed by atoms with Gasteiger partial charge in [0.25, 0.3) is 6.43 Å². The van der Waals surface area contributed by atoms with E-state index < -0.39 is 28.5 Å². The Morgan fingerprint density at radius 1 is 1.47 bits per heavy atom. The minimum Gasteiger partial charge on any atom is -0.341 e. The molecule has 0 bridgehead atoms. The Kier molecular flexibility index (Phi) is 4.63. The molecule has 1 aliphatic heterocycles. The normalized spacial score (nSPS) is 27.1. The van der Waals surface area contributed by atoms with Gasteiger partial charge in [0.2, 0.25) is 5.91 Å². The first kappa shape index (κ1) is 14.5. The summed E-state index contributed by atoms with van der Waals surface area (Å²) >= 11 is 0. The summed E-state index contributed by atoms with van der Waals surface area (Å²) in [5, 5.41) is 0. The van der Waals surface area contributed by atoms with Gasteiger partial charge >= 0.3 is 0 Å². The van der Waals surface area contributed by atoms with Gasteiger partial charge in [-0.05, 0) is 19.8 Å². The maximum atomic E-state index is 12.8. The van der Waals surface area contributed by atoms with Crippen molar-refractivity contribution in [3.05, 3.63) is 0 Å². The number of carbonyl (C=O) groups excluding carboxylic acids is 1. The molecule has 1 aliphatic rings. The number of rotatable bonds is 2. The van der Waals surface area contributed by atoms with Crippen LogP contribution in [0.3, 0.4) is 0 Å². The second-order valence-electron chi connectivity index (χ2n) is 5.19. The molecule has 17 heavy (non-hydrogen) atoms. The average molecular weight is 267 g/mol. The Labute approximate surface area is 103 Å². The van der Waals surface area contributed by atoms with Crippen LogP contribution in [0.15, 0.2) is 0 Å². The summed E-state index contributed by atoms with van der Waals surface area (Å²) in [5.74, 6) is 0.475. The van der Waals surface area contributed by atoms with Crippen LogP contribution < -0.4 is 0 Å². The zero-order valence-corrected chi connectivity index (χ0v) is 11.2. The molecular formula is C11H19F2NO2S. The van der Waals surface area contributed by atoms with E-state index in [4.69, 9.17) is 0 Å². The van der Waals surface area contributed by atoms with Crippen molar-refractivity contribution in [2.45, 2.75) is 27.2 Å². The van der Waals surface area contributed by atoms with Crippen molar-refractivity contribution in [1.29, 1.82) is 0 Å². The van der Waals surface area contributed by atoms with Gasteiger partial charge in [-0.2, -0.15) is 0 Å². The lowest BCUT2D eigenvalue weighted by atomic mass is 9.92. The van der Waals surface area contributed by atoms with Crippen molar-refractivity contribution < 1.29 is 17.8 Å². The van der Waals surface area contributed by atoms with Crippen LogP contribution in [-0.4, -0.2) is 46.0 Å². The Hall–Kier alpha value is -0.520. The molecule has 0 aliphatic carbocycles. The van der Waals surface area contributed by atoms with Crippen LogP contribution in [0, 0.1) is 11.3 Å². The van der Waals surface area contributed by atoms with E-state index >= 15 is 0 Å². The molecule has 1 rings (SSSR count). The molecule has 1 saturated heterocycles. The molecule has 0 unspecified atom stereocenters. The van der Waals surface area contributed by atoms with Crippen molar-refractivity contribution in [3.63, 3.8) is 0 Å². The van der Waals surface area contributed by atoms with E-state index in [1.807, 2.05) is 6.92 Å². The number of amides is 1. The van der Waals surface area contributed by atoms with Crippen LogP contribution in [0.4, 0.5) is 8.78 Å². The van der Waals surface area contributed by atoms with Crippen molar-refractivity contribution in [2.24, 2.45) is 11.3 Å². The standard InChI is InChI=1S/C11H19F2NO2S/c1-8-6-14(4-5-17(16)7-8)10(15)11(2,3)9(12)13/h8-9H,4-7H2,1-3H3/t8-,17+/m0/s1. The maximum Gasteiger partial charge on any atom is 0.252 e. The lowest BCUT2D eigenvalue weighted by molar-refractivity contribution is -0.149. The van der Waals surface area contributed by atoms with Gasteiger partial charge in [-0.1, -0.05) is 6.92 Å². The van der Waals surface area contributed by atoms with Gasteiger partial charge in [-0.25, -0.2) is 8.78 Å². The fourth-order valence-corrected chi connectivity index (χ4v) is 3.15. The Bertz CT molecular complexity index is 321. The smallest absolute Gasteiger partial charge is 0.252 e. The molecule has 1 heterocycles. The molecule has 0 spiro atoms. The molecule has 100 valence electrons. The summed E-state index contributed by atoms with van der Waals surface area (Å²) in [6, 6.07) is 0. The summed E-state index contributed by atoms with van der Waals surface area (Å²) in [7, 11) is -0.944. The van der Waals surface area contributed by atoms with E-state index in [9.17, 15) is 17.8 Å². The molecule has 0 saturated carbocycles. The second kappa shape index (κ2) is 5.42. The summed E-state index contributed by atoms with van der Waals surface area (Å²) in [4.78, 5) is 13.4. The lowest BCUT2D eigenvalue weighted by Crippen LogP contribution is -2.46. The van der Waals surface area contributed by atoms with E-state index in [2.05, 4.69) is 0 Å². The van der Waals surface area contributed by atoms with Crippen LogP contribution in [0.2, 0.25) is 0 Å². The van der Waals surface area contributed by atoms with E-state index in [1.165, 1.54) is 18.7 Å². The number of hydrogen-bond acceptors (Lipinski definition) is 2. The first-order chi connectivity index (χ1) is 7.75. The van der Waals surface area contributed by atoms with E-state index in [1.54, 1.807) is 0 Å². The Morgan fingerprint density at radius 2 is 2.06 bits per heavy atom. The number of hydrogen-bond donors (Lipinski definition) is 0. The van der Waals surface area contributed by atoms with Gasteiger partial charge in [0.05, 0.1) is 0 Å². The van der Waals surface area contributed by atoms with Crippen LogP contribution in [0.5, 0.6) is 0 Å². The SMILES string of the molecule is C[C@H]1CN(C(=O)C(C)(C)C(F)F)CC[S@@](=O)C1. The minimum atomic E-state index is -2.68. The zero-order chi connectivity index (χ0) is 13.2. The molecule has 0 aromatic carbocycles. The topological polar surface area (TPSA) is 37.4 Å². The second-order valence-corrected chi connectivity index (χ2v) is 6.81. The number of alkyl halides is 2. The van der Waals surface area contributed by atoms with Crippen molar-refractivity contribution in [2.75, 3.05) is 24.6 Å². The fraction of sp³-hybridized carbons (Fsp3) is 0.909. The largest absolute Gasteiger partial charge is 0.341 e. The summed E-state index contributed by atoms with van der Waals surface area (Å²) < 4.78 is 37.0. The molecule has 6 heteroatoms. The molecule has 0 aromatic heterocycles. The third-order valence-electron chi connectivity index (χ3n) is 2.98. The van der Waals surface area contributed by atoms with Crippen molar-refractivity contribution in [3.8, 4) is 0 Å². The number of carbonyl (C=O) groups is 1. The molecule has 0 aromatic rings. The average Bonchev–Trinajstić information content (AvgIpc) is 2.38. The number of halogens is 2. The number of nitrogens with zero attached hydrogens (tertiary/aromatic N) is 1. The predicted octanol–water partition coefficient (Wildman–Crippen LogP) is 1.50. The highest BCUT2D eigenvalue weighted by Gasteiger charge is 2.41. The first-order valence-corrected chi connectivity index (χ1v) is 7.16. The molecule has 1 amide bonds. The lowest BCUT2D eigenvalue weighted by Gasteiger charge is -2.31. The van der Waals surface area contributed by atoms with E-state index in [-0.39, 0.29) is 5.92 Å². The van der Waals surface area contributed by atoms with Crippen LogP contribution >= 0.6 is 0 Å². The first-order valence-electron chi connectivity index (χ1n) is 5.67. The Morgan fingerprint density at radius 3 is 2.59 bits per heavy atom. The van der Waals surface area contributed by atoms with Gasteiger partial charge in [0, 0.05) is 35.4 Å². The third kappa shape index (κ3) is 3.47. The molecule has 0 radical (unpaired) electrons. The fourth-order valence-electron chi connectivity index (χ4n) is 1.82. The summed E-state index contributed by atoms with van der Waals surface area (Å²) in [6.07, 6.45) is -2.68. The monoisotopic (exact) mass is 267 g/mol. The summed E-state index contributed by atoms with van der Waals surface area (Å²) in [5.41, 5.74) is -1.66.